The van der Waals surface area contributed by atoms with Crippen LogP contribution in [-0.4, -0.2) is 69.1 Å². The van der Waals surface area contributed by atoms with Crippen LogP contribution in [0.25, 0.3) is 0 Å². The van der Waals surface area contributed by atoms with E-state index in [0.29, 0.717) is 32.7 Å². The van der Waals surface area contributed by atoms with E-state index >= 15 is 0 Å². The SMILES string of the molecule is CCOCCN(C)S(=O)(=O)N(C)CCCO. The Morgan fingerprint density at radius 1 is 1.19 bits per heavy atom. The zero-order valence-corrected chi connectivity index (χ0v) is 11.0. The zero-order valence-electron chi connectivity index (χ0n) is 10.2. The van der Waals surface area contributed by atoms with Crippen LogP contribution in [0.5, 0.6) is 0 Å². The number of aliphatic hydroxyl groups excluding tert-OH is 1. The molecule has 0 spiro atoms. The van der Waals surface area contributed by atoms with Crippen molar-refractivity contribution >= 4 is 10.2 Å². The van der Waals surface area contributed by atoms with Crippen molar-refractivity contribution in [3.05, 3.63) is 0 Å². The minimum Gasteiger partial charge on any atom is -0.396 e. The number of rotatable bonds is 9. The highest BCUT2D eigenvalue weighted by Crippen LogP contribution is 2.04. The van der Waals surface area contributed by atoms with Gasteiger partial charge in [0.25, 0.3) is 10.2 Å². The maximum Gasteiger partial charge on any atom is 0.281 e. The van der Waals surface area contributed by atoms with Crippen molar-refractivity contribution in [3.8, 4) is 0 Å². The van der Waals surface area contributed by atoms with Gasteiger partial charge >= 0.3 is 0 Å². The summed E-state index contributed by atoms with van der Waals surface area (Å²) in [5.41, 5.74) is 0. The number of hydrogen-bond acceptors (Lipinski definition) is 4. The lowest BCUT2D eigenvalue weighted by molar-refractivity contribution is 0.137. The third-order valence-electron chi connectivity index (χ3n) is 2.17. The molecule has 0 fully saturated rings. The van der Waals surface area contributed by atoms with E-state index in [1.165, 1.54) is 22.7 Å². The van der Waals surface area contributed by atoms with Crippen molar-refractivity contribution in [2.75, 3.05) is 47.0 Å². The molecule has 0 bridgehead atoms. The first-order chi connectivity index (χ1) is 7.46. The Kier molecular flexibility index (Phi) is 7.86. The molecule has 0 aromatic carbocycles. The fraction of sp³-hybridized carbons (Fsp3) is 1.00. The van der Waals surface area contributed by atoms with Crippen LogP contribution in [0.4, 0.5) is 0 Å². The molecule has 98 valence electrons. The summed E-state index contributed by atoms with van der Waals surface area (Å²) in [6.07, 6.45) is 0.440. The van der Waals surface area contributed by atoms with Crippen LogP contribution in [0.15, 0.2) is 0 Å². The molecule has 0 radical (unpaired) electrons. The van der Waals surface area contributed by atoms with Crippen LogP contribution in [0.3, 0.4) is 0 Å². The van der Waals surface area contributed by atoms with Gasteiger partial charge in [-0.3, -0.25) is 0 Å². The van der Waals surface area contributed by atoms with Gasteiger partial charge in [0.05, 0.1) is 6.61 Å². The van der Waals surface area contributed by atoms with Crippen LogP contribution in [0, 0.1) is 0 Å². The lowest BCUT2D eigenvalue weighted by Gasteiger charge is -2.23. The molecule has 0 saturated heterocycles. The molecule has 0 aliphatic heterocycles. The molecule has 0 aromatic rings. The fourth-order valence-corrected chi connectivity index (χ4v) is 2.24. The molecule has 0 aromatic heterocycles. The van der Waals surface area contributed by atoms with Crippen molar-refractivity contribution < 1.29 is 18.3 Å². The van der Waals surface area contributed by atoms with Gasteiger partial charge in [-0.1, -0.05) is 0 Å². The first-order valence-corrected chi connectivity index (χ1v) is 6.72. The standard InChI is InChI=1S/C9H22N2O4S/c1-4-15-9-7-11(3)16(13,14)10(2)6-5-8-12/h12H,4-9H2,1-3H3. The number of hydrogen-bond donors (Lipinski definition) is 1. The topological polar surface area (TPSA) is 70.1 Å². The van der Waals surface area contributed by atoms with Gasteiger partial charge in [0.2, 0.25) is 0 Å². The van der Waals surface area contributed by atoms with E-state index in [9.17, 15) is 8.42 Å². The van der Waals surface area contributed by atoms with E-state index in [4.69, 9.17) is 9.84 Å². The van der Waals surface area contributed by atoms with Gasteiger partial charge in [0.15, 0.2) is 0 Å². The largest absolute Gasteiger partial charge is 0.396 e. The second-order valence-corrected chi connectivity index (χ2v) is 5.57. The third kappa shape index (κ3) is 5.22. The second-order valence-electron chi connectivity index (χ2n) is 3.42. The molecule has 1 N–H and O–H groups in total. The molecule has 0 amide bonds. The van der Waals surface area contributed by atoms with Crippen molar-refractivity contribution in [3.63, 3.8) is 0 Å². The van der Waals surface area contributed by atoms with E-state index in [1.54, 1.807) is 0 Å². The van der Waals surface area contributed by atoms with Gasteiger partial charge in [-0.25, -0.2) is 0 Å². The highest BCUT2D eigenvalue weighted by atomic mass is 32.2. The number of ether oxygens (including phenoxy) is 1. The minimum atomic E-state index is -3.42. The average molecular weight is 254 g/mol. The van der Waals surface area contributed by atoms with Crippen molar-refractivity contribution in [2.45, 2.75) is 13.3 Å². The minimum absolute atomic E-state index is 0.0114. The van der Waals surface area contributed by atoms with Crippen LogP contribution < -0.4 is 0 Å². The zero-order chi connectivity index (χ0) is 12.6. The van der Waals surface area contributed by atoms with E-state index in [2.05, 4.69) is 0 Å². The maximum atomic E-state index is 11.8. The first kappa shape index (κ1) is 15.8. The molecular formula is C9H22N2O4S. The molecule has 0 aliphatic rings. The smallest absolute Gasteiger partial charge is 0.281 e. The van der Waals surface area contributed by atoms with Gasteiger partial charge in [-0.15, -0.1) is 0 Å². The number of likely N-dealkylation sites (N-methyl/N-ethyl adjacent to an activating group) is 1. The monoisotopic (exact) mass is 254 g/mol. The Morgan fingerprint density at radius 2 is 1.75 bits per heavy atom. The van der Waals surface area contributed by atoms with Crippen LogP contribution in [0.1, 0.15) is 13.3 Å². The molecule has 0 atom stereocenters. The summed E-state index contributed by atoms with van der Waals surface area (Å²) in [5, 5.41) is 8.64. The molecule has 16 heavy (non-hydrogen) atoms. The number of nitrogens with zero attached hydrogens (tertiary/aromatic N) is 2. The summed E-state index contributed by atoms with van der Waals surface area (Å²) < 4.78 is 31.3. The molecule has 0 rings (SSSR count). The van der Waals surface area contributed by atoms with Gasteiger partial charge in [-0.2, -0.15) is 17.0 Å². The predicted octanol–water partition coefficient (Wildman–Crippen LogP) is -0.486. The van der Waals surface area contributed by atoms with E-state index < -0.39 is 10.2 Å². The Morgan fingerprint density at radius 3 is 2.25 bits per heavy atom. The Labute approximate surface area is 98.0 Å². The highest BCUT2D eigenvalue weighted by molar-refractivity contribution is 7.86. The molecular weight excluding hydrogens is 232 g/mol. The number of aliphatic hydroxyl groups is 1. The van der Waals surface area contributed by atoms with Gasteiger partial charge < -0.3 is 9.84 Å². The van der Waals surface area contributed by atoms with E-state index in [-0.39, 0.29) is 6.61 Å². The van der Waals surface area contributed by atoms with Crippen LogP contribution >= 0.6 is 0 Å². The van der Waals surface area contributed by atoms with E-state index in [1.807, 2.05) is 6.92 Å². The first-order valence-electron chi connectivity index (χ1n) is 5.33. The van der Waals surface area contributed by atoms with Crippen molar-refractivity contribution in [2.24, 2.45) is 0 Å². The summed E-state index contributed by atoms with van der Waals surface area (Å²) in [4.78, 5) is 0. The van der Waals surface area contributed by atoms with Crippen molar-refractivity contribution in [1.82, 2.24) is 8.61 Å². The quantitative estimate of drug-likeness (QED) is 0.564. The Bertz CT molecular complexity index is 269. The van der Waals surface area contributed by atoms with Gasteiger partial charge in [0.1, 0.15) is 0 Å². The van der Waals surface area contributed by atoms with Gasteiger partial charge in [0, 0.05) is 40.4 Å². The molecule has 0 heterocycles. The summed E-state index contributed by atoms with van der Waals surface area (Å²) in [6, 6.07) is 0. The molecule has 6 nitrogen and oxygen atoms in total. The predicted molar refractivity (Wildman–Crippen MR) is 62.4 cm³/mol. The maximum absolute atomic E-state index is 11.8. The van der Waals surface area contributed by atoms with Crippen LogP contribution in [-0.2, 0) is 14.9 Å². The highest BCUT2D eigenvalue weighted by Gasteiger charge is 2.22. The van der Waals surface area contributed by atoms with Gasteiger partial charge in [-0.05, 0) is 13.3 Å². The third-order valence-corrected chi connectivity index (χ3v) is 4.11. The Balaban J connectivity index is 4.18. The fourth-order valence-electron chi connectivity index (χ4n) is 1.10. The molecule has 0 unspecified atom stereocenters. The summed E-state index contributed by atoms with van der Waals surface area (Å²) in [5.74, 6) is 0. The second kappa shape index (κ2) is 7.97. The van der Waals surface area contributed by atoms with Crippen LogP contribution in [0.2, 0.25) is 0 Å². The summed E-state index contributed by atoms with van der Waals surface area (Å²) >= 11 is 0. The summed E-state index contributed by atoms with van der Waals surface area (Å²) in [7, 11) is -0.396. The lowest BCUT2D eigenvalue weighted by atomic mass is 10.5. The molecule has 0 saturated carbocycles. The Hall–Kier alpha value is -0.210. The molecule has 0 aliphatic carbocycles. The summed E-state index contributed by atoms with van der Waals surface area (Å²) in [6.45, 7) is 3.47. The van der Waals surface area contributed by atoms with Crippen molar-refractivity contribution in [1.29, 1.82) is 0 Å². The normalized spacial score (nSPS) is 12.6. The average Bonchev–Trinajstić information content (AvgIpc) is 2.25. The lowest BCUT2D eigenvalue weighted by Crippen LogP contribution is -2.41. The van der Waals surface area contributed by atoms with E-state index in [0.717, 1.165) is 0 Å². The molecule has 7 heteroatoms.